The molecule has 0 bridgehead atoms. The molecule has 0 amide bonds. The van der Waals surface area contributed by atoms with Crippen LogP contribution in [0.15, 0.2) is 48.5 Å². The lowest BCUT2D eigenvalue weighted by Crippen LogP contribution is -2.16. The van der Waals surface area contributed by atoms with Crippen LogP contribution in [0.3, 0.4) is 0 Å². The SMILES string of the molecule is CN(C)c1ccccc1NCC(O)c1ccc(F)cc1. The molecule has 0 saturated heterocycles. The number of nitrogens with zero attached hydrogens (tertiary/aromatic N) is 1. The van der Waals surface area contributed by atoms with Gasteiger partial charge < -0.3 is 15.3 Å². The molecular weight excluding hydrogens is 255 g/mol. The van der Waals surface area contributed by atoms with Crippen molar-refractivity contribution in [2.75, 3.05) is 30.9 Å². The zero-order chi connectivity index (χ0) is 14.5. The summed E-state index contributed by atoms with van der Waals surface area (Å²) in [5, 5.41) is 13.3. The highest BCUT2D eigenvalue weighted by Crippen LogP contribution is 2.24. The van der Waals surface area contributed by atoms with Crippen LogP contribution in [-0.4, -0.2) is 25.7 Å². The molecule has 0 aromatic heterocycles. The molecule has 3 nitrogen and oxygen atoms in total. The summed E-state index contributed by atoms with van der Waals surface area (Å²) in [7, 11) is 3.94. The van der Waals surface area contributed by atoms with Gasteiger partial charge in [-0.3, -0.25) is 0 Å². The van der Waals surface area contributed by atoms with Gasteiger partial charge in [-0.1, -0.05) is 24.3 Å². The third-order valence-corrected chi connectivity index (χ3v) is 3.13. The first kappa shape index (κ1) is 14.3. The van der Waals surface area contributed by atoms with Gasteiger partial charge in [0, 0.05) is 20.6 Å². The van der Waals surface area contributed by atoms with Gasteiger partial charge in [0.2, 0.25) is 0 Å². The van der Waals surface area contributed by atoms with E-state index < -0.39 is 6.10 Å². The Morgan fingerprint density at radius 2 is 1.75 bits per heavy atom. The Bertz CT molecular complexity index is 555. The molecule has 2 rings (SSSR count). The van der Waals surface area contributed by atoms with Crippen molar-refractivity contribution in [1.29, 1.82) is 0 Å². The molecule has 1 atom stereocenters. The molecule has 0 aliphatic rings. The van der Waals surface area contributed by atoms with Crippen molar-refractivity contribution in [3.63, 3.8) is 0 Å². The molecule has 2 aromatic carbocycles. The molecular formula is C16H19FN2O. The lowest BCUT2D eigenvalue weighted by molar-refractivity contribution is 0.191. The second-order valence-corrected chi connectivity index (χ2v) is 4.86. The van der Waals surface area contributed by atoms with Crippen molar-refractivity contribution in [2.45, 2.75) is 6.10 Å². The van der Waals surface area contributed by atoms with Crippen molar-refractivity contribution >= 4 is 11.4 Å². The fourth-order valence-corrected chi connectivity index (χ4v) is 2.02. The summed E-state index contributed by atoms with van der Waals surface area (Å²) in [4.78, 5) is 2.01. The number of nitrogens with one attached hydrogen (secondary N) is 1. The molecule has 2 aromatic rings. The highest BCUT2D eigenvalue weighted by Gasteiger charge is 2.09. The maximum Gasteiger partial charge on any atom is 0.123 e. The minimum Gasteiger partial charge on any atom is -0.387 e. The standard InChI is InChI=1S/C16H19FN2O/c1-19(2)15-6-4-3-5-14(15)18-11-16(20)12-7-9-13(17)10-8-12/h3-10,16,18,20H,11H2,1-2H3. The Hall–Kier alpha value is -2.07. The van der Waals surface area contributed by atoms with Crippen LogP contribution in [0.2, 0.25) is 0 Å². The van der Waals surface area contributed by atoms with Gasteiger partial charge in [0.05, 0.1) is 17.5 Å². The number of anilines is 2. The Morgan fingerprint density at radius 1 is 1.10 bits per heavy atom. The number of rotatable bonds is 5. The first-order valence-electron chi connectivity index (χ1n) is 6.51. The zero-order valence-corrected chi connectivity index (χ0v) is 11.7. The average molecular weight is 274 g/mol. The van der Waals surface area contributed by atoms with Crippen LogP contribution in [0.1, 0.15) is 11.7 Å². The van der Waals surface area contributed by atoms with Crippen molar-refractivity contribution < 1.29 is 9.50 Å². The van der Waals surface area contributed by atoms with E-state index in [1.807, 2.05) is 43.3 Å². The minimum atomic E-state index is -0.675. The van der Waals surface area contributed by atoms with E-state index in [-0.39, 0.29) is 5.82 Å². The maximum atomic E-state index is 12.8. The topological polar surface area (TPSA) is 35.5 Å². The molecule has 0 heterocycles. The van der Waals surface area contributed by atoms with E-state index in [9.17, 15) is 9.50 Å². The zero-order valence-electron chi connectivity index (χ0n) is 11.7. The molecule has 2 N–H and O–H groups in total. The fraction of sp³-hybridized carbons (Fsp3) is 0.250. The van der Waals surface area contributed by atoms with Crippen LogP contribution in [0.5, 0.6) is 0 Å². The predicted molar refractivity (Wildman–Crippen MR) is 80.6 cm³/mol. The molecule has 0 saturated carbocycles. The highest BCUT2D eigenvalue weighted by atomic mass is 19.1. The van der Waals surface area contributed by atoms with Gasteiger partial charge in [0.15, 0.2) is 0 Å². The number of hydrogen-bond donors (Lipinski definition) is 2. The van der Waals surface area contributed by atoms with Gasteiger partial charge in [-0.15, -0.1) is 0 Å². The number of hydrogen-bond acceptors (Lipinski definition) is 3. The van der Waals surface area contributed by atoms with E-state index in [1.165, 1.54) is 12.1 Å². The summed E-state index contributed by atoms with van der Waals surface area (Å²) in [6.45, 7) is 0.372. The highest BCUT2D eigenvalue weighted by molar-refractivity contribution is 5.69. The summed E-state index contributed by atoms with van der Waals surface area (Å²) < 4.78 is 12.8. The molecule has 0 spiro atoms. The van der Waals surface area contributed by atoms with Gasteiger partial charge in [-0.25, -0.2) is 4.39 Å². The van der Waals surface area contributed by atoms with Gasteiger partial charge in [0.25, 0.3) is 0 Å². The van der Waals surface area contributed by atoms with Crippen LogP contribution in [-0.2, 0) is 0 Å². The quantitative estimate of drug-likeness (QED) is 0.879. The van der Waals surface area contributed by atoms with Crippen LogP contribution in [0.4, 0.5) is 15.8 Å². The first-order valence-corrected chi connectivity index (χ1v) is 6.51. The second-order valence-electron chi connectivity index (χ2n) is 4.86. The lowest BCUT2D eigenvalue weighted by Gasteiger charge is -2.20. The smallest absolute Gasteiger partial charge is 0.123 e. The Morgan fingerprint density at radius 3 is 2.40 bits per heavy atom. The molecule has 0 aliphatic heterocycles. The molecule has 20 heavy (non-hydrogen) atoms. The summed E-state index contributed by atoms with van der Waals surface area (Å²) in [5.74, 6) is -0.299. The number of aliphatic hydroxyl groups is 1. The van der Waals surface area contributed by atoms with E-state index in [2.05, 4.69) is 5.32 Å². The van der Waals surface area contributed by atoms with E-state index in [1.54, 1.807) is 12.1 Å². The monoisotopic (exact) mass is 274 g/mol. The van der Waals surface area contributed by atoms with E-state index >= 15 is 0 Å². The van der Waals surface area contributed by atoms with Crippen molar-refractivity contribution in [3.05, 3.63) is 59.9 Å². The second kappa shape index (κ2) is 6.39. The first-order chi connectivity index (χ1) is 9.58. The van der Waals surface area contributed by atoms with Crippen LogP contribution >= 0.6 is 0 Å². The number of para-hydroxylation sites is 2. The fourth-order valence-electron chi connectivity index (χ4n) is 2.02. The Balaban J connectivity index is 2.03. The Labute approximate surface area is 118 Å². The van der Waals surface area contributed by atoms with Crippen molar-refractivity contribution in [1.82, 2.24) is 0 Å². The molecule has 4 heteroatoms. The van der Waals surface area contributed by atoms with Gasteiger partial charge in [0.1, 0.15) is 5.82 Å². The van der Waals surface area contributed by atoms with E-state index in [0.29, 0.717) is 12.1 Å². The summed E-state index contributed by atoms with van der Waals surface area (Å²) in [5.41, 5.74) is 2.71. The average Bonchev–Trinajstić information content (AvgIpc) is 2.45. The van der Waals surface area contributed by atoms with Crippen LogP contribution in [0, 0.1) is 5.82 Å². The van der Waals surface area contributed by atoms with Crippen molar-refractivity contribution in [2.24, 2.45) is 0 Å². The molecule has 0 fully saturated rings. The molecule has 1 unspecified atom stereocenters. The summed E-state index contributed by atoms with van der Waals surface area (Å²) in [6.07, 6.45) is -0.675. The predicted octanol–water partition coefficient (Wildman–Crippen LogP) is 3.04. The molecule has 0 radical (unpaired) electrons. The third kappa shape index (κ3) is 3.48. The number of benzene rings is 2. The Kier molecular flexibility index (Phi) is 4.58. The van der Waals surface area contributed by atoms with Crippen molar-refractivity contribution in [3.8, 4) is 0 Å². The number of halogens is 1. The lowest BCUT2D eigenvalue weighted by atomic mass is 10.1. The largest absolute Gasteiger partial charge is 0.387 e. The normalized spacial score (nSPS) is 12.0. The summed E-state index contributed by atoms with van der Waals surface area (Å²) in [6, 6.07) is 13.8. The summed E-state index contributed by atoms with van der Waals surface area (Å²) >= 11 is 0. The van der Waals surface area contributed by atoms with Gasteiger partial charge in [-0.2, -0.15) is 0 Å². The number of aliphatic hydroxyl groups excluding tert-OH is 1. The molecule has 106 valence electrons. The third-order valence-electron chi connectivity index (χ3n) is 3.13. The minimum absolute atomic E-state index is 0.299. The van der Waals surface area contributed by atoms with Gasteiger partial charge in [-0.05, 0) is 29.8 Å². The van der Waals surface area contributed by atoms with E-state index in [0.717, 1.165) is 11.4 Å². The van der Waals surface area contributed by atoms with Crippen LogP contribution in [0.25, 0.3) is 0 Å². The van der Waals surface area contributed by atoms with E-state index in [4.69, 9.17) is 0 Å². The van der Waals surface area contributed by atoms with Gasteiger partial charge >= 0.3 is 0 Å². The molecule has 0 aliphatic carbocycles. The maximum absolute atomic E-state index is 12.8. The van der Waals surface area contributed by atoms with Crippen LogP contribution < -0.4 is 10.2 Å².